The van der Waals surface area contributed by atoms with E-state index in [4.69, 9.17) is 9.47 Å². The predicted octanol–water partition coefficient (Wildman–Crippen LogP) is 4.93. The minimum atomic E-state index is -2.08. The SMILES string of the molecule is COC1CCN(c2ccc(-c3csc(Nc4cc(S(=O)O)ccc4OC(C)C)n3)cn2)CC1. The van der Waals surface area contributed by atoms with Crippen molar-refractivity contribution in [1.29, 1.82) is 0 Å². The molecule has 1 atom stereocenters. The van der Waals surface area contributed by atoms with E-state index in [1.807, 2.05) is 37.6 Å². The molecule has 2 aromatic heterocycles. The van der Waals surface area contributed by atoms with Crippen LogP contribution in [0.15, 0.2) is 46.8 Å². The summed E-state index contributed by atoms with van der Waals surface area (Å²) in [6.07, 6.45) is 4.17. The van der Waals surface area contributed by atoms with Crippen LogP contribution >= 0.6 is 11.3 Å². The molecule has 1 aliphatic rings. The number of thiazole rings is 1. The first-order chi connectivity index (χ1) is 15.9. The average molecular weight is 489 g/mol. The van der Waals surface area contributed by atoms with Crippen molar-refractivity contribution in [3.8, 4) is 17.0 Å². The lowest BCUT2D eigenvalue weighted by Crippen LogP contribution is -2.37. The smallest absolute Gasteiger partial charge is 0.187 e. The fourth-order valence-electron chi connectivity index (χ4n) is 3.70. The van der Waals surface area contributed by atoms with Crippen LogP contribution in [0.3, 0.4) is 0 Å². The van der Waals surface area contributed by atoms with Crippen LogP contribution in [0.25, 0.3) is 11.3 Å². The number of rotatable bonds is 8. The largest absolute Gasteiger partial charge is 0.489 e. The molecule has 0 bridgehead atoms. The first-order valence-corrected chi connectivity index (χ1v) is 12.8. The van der Waals surface area contributed by atoms with Gasteiger partial charge >= 0.3 is 0 Å². The highest BCUT2D eigenvalue weighted by Crippen LogP contribution is 2.33. The Morgan fingerprint density at radius 3 is 2.67 bits per heavy atom. The lowest BCUT2D eigenvalue weighted by atomic mass is 10.1. The van der Waals surface area contributed by atoms with Crippen LogP contribution < -0.4 is 15.0 Å². The van der Waals surface area contributed by atoms with Crippen molar-refractivity contribution in [3.63, 3.8) is 0 Å². The molecule has 1 saturated heterocycles. The molecule has 0 amide bonds. The molecule has 1 unspecified atom stereocenters. The first kappa shape index (κ1) is 23.6. The summed E-state index contributed by atoms with van der Waals surface area (Å²) < 4.78 is 32.3. The Labute approximate surface area is 200 Å². The lowest BCUT2D eigenvalue weighted by Gasteiger charge is -2.32. The van der Waals surface area contributed by atoms with Crippen LogP contribution in [0.1, 0.15) is 26.7 Å². The van der Waals surface area contributed by atoms with Crippen molar-refractivity contribution in [2.24, 2.45) is 0 Å². The van der Waals surface area contributed by atoms with Gasteiger partial charge in [0, 0.05) is 37.3 Å². The monoisotopic (exact) mass is 488 g/mol. The Balaban J connectivity index is 1.48. The van der Waals surface area contributed by atoms with Crippen LogP contribution in [0.4, 0.5) is 16.6 Å². The zero-order valence-corrected chi connectivity index (χ0v) is 20.5. The molecule has 0 saturated carbocycles. The summed E-state index contributed by atoms with van der Waals surface area (Å²) in [5.74, 6) is 1.56. The van der Waals surface area contributed by atoms with Gasteiger partial charge in [-0.05, 0) is 57.0 Å². The predicted molar refractivity (Wildman–Crippen MR) is 132 cm³/mol. The summed E-state index contributed by atoms with van der Waals surface area (Å²) >= 11 is -0.634. The van der Waals surface area contributed by atoms with Gasteiger partial charge in [0.1, 0.15) is 11.6 Å². The Morgan fingerprint density at radius 2 is 2.03 bits per heavy atom. The Bertz CT molecular complexity index is 1100. The molecule has 1 aliphatic heterocycles. The molecular weight excluding hydrogens is 460 g/mol. The lowest BCUT2D eigenvalue weighted by molar-refractivity contribution is 0.0818. The third-order valence-electron chi connectivity index (χ3n) is 5.40. The zero-order valence-electron chi connectivity index (χ0n) is 18.9. The van der Waals surface area contributed by atoms with E-state index < -0.39 is 11.1 Å². The van der Waals surface area contributed by atoms with Crippen molar-refractivity contribution >= 4 is 39.1 Å². The number of anilines is 3. The second kappa shape index (κ2) is 10.6. The van der Waals surface area contributed by atoms with Crippen molar-refractivity contribution in [3.05, 3.63) is 41.9 Å². The van der Waals surface area contributed by atoms with Gasteiger partial charge in [0.25, 0.3) is 0 Å². The number of hydrogen-bond acceptors (Lipinski definition) is 8. The first-order valence-electron chi connectivity index (χ1n) is 10.8. The highest BCUT2D eigenvalue weighted by Gasteiger charge is 2.20. The van der Waals surface area contributed by atoms with Gasteiger partial charge < -0.3 is 24.2 Å². The Hall–Kier alpha value is -2.53. The minimum absolute atomic E-state index is 0.0345. The number of ether oxygens (including phenoxy) is 2. The summed E-state index contributed by atoms with van der Waals surface area (Å²) in [5.41, 5.74) is 2.34. The molecule has 1 aromatic carbocycles. The highest BCUT2D eigenvalue weighted by atomic mass is 32.2. The molecule has 2 N–H and O–H groups in total. The summed E-state index contributed by atoms with van der Waals surface area (Å²) in [7, 11) is 1.77. The van der Waals surface area contributed by atoms with Gasteiger partial charge in [0.2, 0.25) is 0 Å². The topological polar surface area (TPSA) is 96.8 Å². The molecule has 8 nitrogen and oxygen atoms in total. The molecule has 1 fully saturated rings. The van der Waals surface area contributed by atoms with Gasteiger partial charge in [-0.1, -0.05) is 0 Å². The third kappa shape index (κ3) is 5.89. The van der Waals surface area contributed by atoms with Crippen LogP contribution in [0.2, 0.25) is 0 Å². The van der Waals surface area contributed by atoms with Crippen LogP contribution in [-0.4, -0.2) is 51.1 Å². The van der Waals surface area contributed by atoms with E-state index in [9.17, 15) is 8.76 Å². The number of nitrogens with one attached hydrogen (secondary N) is 1. The van der Waals surface area contributed by atoms with Gasteiger partial charge in [-0.15, -0.1) is 11.3 Å². The van der Waals surface area contributed by atoms with Gasteiger partial charge in [0.15, 0.2) is 16.2 Å². The van der Waals surface area contributed by atoms with Gasteiger partial charge in [0.05, 0.1) is 28.5 Å². The quantitative estimate of drug-likeness (QED) is 0.431. The minimum Gasteiger partial charge on any atom is -0.489 e. The van der Waals surface area contributed by atoms with E-state index in [0.717, 1.165) is 43.0 Å². The van der Waals surface area contributed by atoms with E-state index >= 15 is 0 Å². The van der Waals surface area contributed by atoms with E-state index in [-0.39, 0.29) is 6.10 Å². The number of hydrogen-bond donors (Lipinski definition) is 2. The van der Waals surface area contributed by atoms with Gasteiger partial charge in [-0.3, -0.25) is 0 Å². The van der Waals surface area contributed by atoms with E-state index in [1.165, 1.54) is 11.3 Å². The molecule has 3 heterocycles. The molecule has 0 aliphatic carbocycles. The maximum absolute atomic E-state index is 11.5. The molecule has 0 radical (unpaired) electrons. The molecule has 176 valence electrons. The summed E-state index contributed by atoms with van der Waals surface area (Å²) in [5, 5.41) is 5.85. The maximum Gasteiger partial charge on any atom is 0.187 e. The molecule has 4 rings (SSSR count). The molecular formula is C23H28N4O4S2. The normalized spacial score (nSPS) is 15.6. The summed E-state index contributed by atoms with van der Waals surface area (Å²) in [6, 6.07) is 8.95. The Morgan fingerprint density at radius 1 is 1.24 bits per heavy atom. The number of pyridine rings is 1. The number of methoxy groups -OCH3 is 1. The fourth-order valence-corrected chi connectivity index (χ4v) is 4.83. The van der Waals surface area contributed by atoms with Crippen molar-refractivity contribution in [1.82, 2.24) is 9.97 Å². The number of nitrogens with zero attached hydrogens (tertiary/aromatic N) is 3. The van der Waals surface area contributed by atoms with Crippen molar-refractivity contribution < 1.29 is 18.2 Å². The molecule has 33 heavy (non-hydrogen) atoms. The maximum atomic E-state index is 11.5. The van der Waals surface area contributed by atoms with E-state index in [2.05, 4.69) is 20.2 Å². The van der Waals surface area contributed by atoms with Crippen LogP contribution in [-0.2, 0) is 15.8 Å². The second-order valence-corrected chi connectivity index (χ2v) is 9.89. The number of piperidine rings is 1. The number of benzene rings is 1. The molecule has 0 spiro atoms. The van der Waals surface area contributed by atoms with Gasteiger partial charge in [-0.25, -0.2) is 14.2 Å². The average Bonchev–Trinajstić information content (AvgIpc) is 3.28. The van der Waals surface area contributed by atoms with Crippen LogP contribution in [0, 0.1) is 0 Å². The van der Waals surface area contributed by atoms with Crippen LogP contribution in [0.5, 0.6) is 5.75 Å². The van der Waals surface area contributed by atoms with E-state index in [1.54, 1.807) is 25.3 Å². The summed E-state index contributed by atoms with van der Waals surface area (Å²) in [4.78, 5) is 11.9. The Kier molecular flexibility index (Phi) is 7.59. The second-order valence-electron chi connectivity index (χ2n) is 8.06. The molecule has 10 heteroatoms. The van der Waals surface area contributed by atoms with Crippen molar-refractivity contribution in [2.75, 3.05) is 30.4 Å². The standard InChI is InChI=1S/C23H28N4O4S2/c1-15(2)31-21-6-5-18(33(28)29)12-19(21)25-23-26-20(14-32-23)16-4-7-22(24-13-16)27-10-8-17(30-3)9-11-27/h4-7,12-15,17H,8-11H2,1-3H3,(H,25,26)(H,28,29). The third-order valence-corrected chi connectivity index (χ3v) is 6.82. The highest BCUT2D eigenvalue weighted by molar-refractivity contribution is 7.79. The van der Waals surface area contributed by atoms with Gasteiger partial charge in [-0.2, -0.15) is 0 Å². The summed E-state index contributed by atoms with van der Waals surface area (Å²) in [6.45, 7) is 5.74. The molecule has 3 aromatic rings. The fraction of sp³-hybridized carbons (Fsp3) is 0.391. The number of aromatic nitrogens is 2. The van der Waals surface area contributed by atoms with Crippen molar-refractivity contribution in [2.45, 2.75) is 43.8 Å². The van der Waals surface area contributed by atoms with E-state index in [0.29, 0.717) is 27.6 Å². The zero-order chi connectivity index (χ0) is 23.4.